The molecule has 0 saturated heterocycles. The van der Waals surface area contributed by atoms with Crippen LogP contribution in [0, 0.1) is 0 Å². The molecule has 1 aromatic heterocycles. The van der Waals surface area contributed by atoms with Crippen LogP contribution in [0.15, 0.2) is 37.1 Å². The Balaban J connectivity index is 1.74. The number of fused-ring (bicyclic) bond motifs is 1. The third-order valence-electron chi connectivity index (χ3n) is 3.53. The van der Waals surface area contributed by atoms with E-state index in [4.69, 9.17) is 11.6 Å². The van der Waals surface area contributed by atoms with Gasteiger partial charge in [0, 0.05) is 24.7 Å². The summed E-state index contributed by atoms with van der Waals surface area (Å²) in [5.74, 6) is -0.118. The summed E-state index contributed by atoms with van der Waals surface area (Å²) in [5, 5.41) is 8.62. The van der Waals surface area contributed by atoms with Crippen LogP contribution in [0.25, 0.3) is 0 Å². The minimum Gasteiger partial charge on any atom is -0.328 e. The molecule has 1 amide bonds. The van der Waals surface area contributed by atoms with Crippen molar-refractivity contribution < 1.29 is 4.79 Å². The standard InChI is InChI=1S/C15H15ClN4O/c1-2-3-7-20-10-14(17-18-20)15(21)19-8-11-5-4-6-13(16)12(11)9-19/h2,4-6,10H,1,3,7-9H2. The molecule has 0 bridgehead atoms. The summed E-state index contributed by atoms with van der Waals surface area (Å²) in [5.41, 5.74) is 2.48. The molecule has 0 aliphatic carbocycles. The first kappa shape index (κ1) is 13.8. The largest absolute Gasteiger partial charge is 0.328 e. The topological polar surface area (TPSA) is 51.0 Å². The van der Waals surface area contributed by atoms with Crippen LogP contribution >= 0.6 is 11.6 Å². The summed E-state index contributed by atoms with van der Waals surface area (Å²) in [4.78, 5) is 14.2. The number of halogens is 1. The molecule has 1 aliphatic rings. The molecule has 0 unspecified atom stereocenters. The zero-order valence-electron chi connectivity index (χ0n) is 11.5. The highest BCUT2D eigenvalue weighted by atomic mass is 35.5. The number of carbonyl (C=O) groups excluding carboxylic acids is 1. The van der Waals surface area contributed by atoms with Gasteiger partial charge in [-0.1, -0.05) is 35.0 Å². The summed E-state index contributed by atoms with van der Waals surface area (Å²) in [6.07, 6.45) is 4.28. The molecule has 1 aromatic carbocycles. The number of rotatable bonds is 4. The molecular weight excluding hydrogens is 288 g/mol. The molecule has 1 aliphatic heterocycles. The van der Waals surface area contributed by atoms with Crippen LogP contribution < -0.4 is 0 Å². The third-order valence-corrected chi connectivity index (χ3v) is 3.89. The maximum absolute atomic E-state index is 12.5. The average molecular weight is 303 g/mol. The van der Waals surface area contributed by atoms with E-state index in [-0.39, 0.29) is 5.91 Å². The summed E-state index contributed by atoms with van der Waals surface area (Å²) in [6, 6.07) is 5.75. The Morgan fingerprint density at radius 3 is 3.05 bits per heavy atom. The van der Waals surface area contributed by atoms with E-state index in [2.05, 4.69) is 16.9 Å². The number of allylic oxidation sites excluding steroid dienone is 1. The van der Waals surface area contributed by atoms with E-state index in [1.54, 1.807) is 15.8 Å². The van der Waals surface area contributed by atoms with Crippen molar-refractivity contribution in [3.63, 3.8) is 0 Å². The lowest BCUT2D eigenvalue weighted by Crippen LogP contribution is -2.25. The van der Waals surface area contributed by atoms with Crippen LogP contribution in [0.3, 0.4) is 0 Å². The van der Waals surface area contributed by atoms with Crippen LogP contribution in [0.5, 0.6) is 0 Å². The number of hydrogen-bond acceptors (Lipinski definition) is 3. The number of amides is 1. The van der Waals surface area contributed by atoms with Gasteiger partial charge >= 0.3 is 0 Å². The molecule has 2 aromatic rings. The Morgan fingerprint density at radius 2 is 2.29 bits per heavy atom. The van der Waals surface area contributed by atoms with Gasteiger partial charge in [0.15, 0.2) is 5.69 Å². The smallest absolute Gasteiger partial charge is 0.276 e. The lowest BCUT2D eigenvalue weighted by atomic mass is 10.1. The summed E-state index contributed by atoms with van der Waals surface area (Å²) in [7, 11) is 0. The van der Waals surface area contributed by atoms with Gasteiger partial charge < -0.3 is 4.90 Å². The number of hydrogen-bond donors (Lipinski definition) is 0. The minimum absolute atomic E-state index is 0.118. The number of nitrogens with zero attached hydrogens (tertiary/aromatic N) is 4. The maximum atomic E-state index is 12.5. The molecule has 0 spiro atoms. The van der Waals surface area contributed by atoms with Crippen molar-refractivity contribution >= 4 is 17.5 Å². The lowest BCUT2D eigenvalue weighted by Gasteiger charge is -2.13. The van der Waals surface area contributed by atoms with Gasteiger partial charge in [0.2, 0.25) is 0 Å². The van der Waals surface area contributed by atoms with Gasteiger partial charge in [-0.3, -0.25) is 9.48 Å². The highest BCUT2D eigenvalue weighted by molar-refractivity contribution is 6.31. The van der Waals surface area contributed by atoms with Gasteiger partial charge in [-0.25, -0.2) is 0 Å². The number of aromatic nitrogens is 3. The first-order valence-electron chi connectivity index (χ1n) is 6.75. The Bertz CT molecular complexity index is 695. The highest BCUT2D eigenvalue weighted by Gasteiger charge is 2.27. The predicted molar refractivity (Wildman–Crippen MR) is 79.9 cm³/mol. The normalized spacial score (nSPS) is 13.3. The highest BCUT2D eigenvalue weighted by Crippen LogP contribution is 2.29. The van der Waals surface area contributed by atoms with Crippen molar-refractivity contribution in [3.8, 4) is 0 Å². The van der Waals surface area contributed by atoms with Crippen molar-refractivity contribution in [2.75, 3.05) is 0 Å². The molecule has 0 fully saturated rings. The van der Waals surface area contributed by atoms with Gasteiger partial charge in [0.25, 0.3) is 5.91 Å². The molecule has 21 heavy (non-hydrogen) atoms. The molecule has 6 heteroatoms. The van der Waals surface area contributed by atoms with E-state index < -0.39 is 0 Å². The minimum atomic E-state index is -0.118. The predicted octanol–water partition coefficient (Wildman–Crippen LogP) is 2.66. The SMILES string of the molecule is C=CCCn1cc(C(=O)N2Cc3cccc(Cl)c3C2)nn1. The van der Waals surface area contributed by atoms with Gasteiger partial charge in [0.05, 0.1) is 6.20 Å². The quantitative estimate of drug-likeness (QED) is 0.816. The molecule has 108 valence electrons. The second-order valence-corrected chi connectivity index (χ2v) is 5.39. The second kappa shape index (κ2) is 5.69. The molecular formula is C15H15ClN4O. The first-order chi connectivity index (χ1) is 10.2. The van der Waals surface area contributed by atoms with E-state index >= 15 is 0 Å². The van der Waals surface area contributed by atoms with E-state index in [0.29, 0.717) is 30.4 Å². The number of aryl methyl sites for hydroxylation is 1. The van der Waals surface area contributed by atoms with Crippen molar-refractivity contribution in [2.45, 2.75) is 26.1 Å². The van der Waals surface area contributed by atoms with Gasteiger partial charge in [0.1, 0.15) is 0 Å². The van der Waals surface area contributed by atoms with Crippen LogP contribution in [-0.2, 0) is 19.6 Å². The van der Waals surface area contributed by atoms with Crippen molar-refractivity contribution in [1.29, 1.82) is 0 Å². The number of carbonyl (C=O) groups is 1. The van der Waals surface area contributed by atoms with E-state index in [0.717, 1.165) is 17.5 Å². The average Bonchev–Trinajstić information content (AvgIpc) is 3.12. The fourth-order valence-corrected chi connectivity index (χ4v) is 2.67. The first-order valence-corrected chi connectivity index (χ1v) is 7.13. The van der Waals surface area contributed by atoms with Crippen LogP contribution in [0.4, 0.5) is 0 Å². The Morgan fingerprint density at radius 1 is 1.43 bits per heavy atom. The third kappa shape index (κ3) is 2.69. The van der Waals surface area contributed by atoms with Crippen molar-refractivity contribution in [2.24, 2.45) is 0 Å². The van der Waals surface area contributed by atoms with Gasteiger partial charge in [-0.2, -0.15) is 0 Å². The van der Waals surface area contributed by atoms with Crippen molar-refractivity contribution in [3.05, 3.63) is 58.9 Å². The summed E-state index contributed by atoms with van der Waals surface area (Å²) < 4.78 is 1.66. The molecule has 0 atom stereocenters. The van der Waals surface area contributed by atoms with Gasteiger partial charge in [-0.15, -0.1) is 11.7 Å². The fraction of sp³-hybridized carbons (Fsp3) is 0.267. The maximum Gasteiger partial charge on any atom is 0.276 e. The monoisotopic (exact) mass is 302 g/mol. The zero-order chi connectivity index (χ0) is 14.8. The molecule has 0 saturated carbocycles. The second-order valence-electron chi connectivity index (χ2n) is 4.98. The van der Waals surface area contributed by atoms with Crippen LogP contribution in [0.1, 0.15) is 28.0 Å². The van der Waals surface area contributed by atoms with E-state index in [1.807, 2.05) is 24.3 Å². The fourth-order valence-electron chi connectivity index (χ4n) is 2.42. The lowest BCUT2D eigenvalue weighted by molar-refractivity contribution is 0.0745. The summed E-state index contributed by atoms with van der Waals surface area (Å²) in [6.45, 7) is 5.42. The Kier molecular flexibility index (Phi) is 3.75. The molecule has 2 heterocycles. The molecule has 5 nitrogen and oxygen atoms in total. The van der Waals surface area contributed by atoms with Crippen molar-refractivity contribution in [1.82, 2.24) is 19.9 Å². The Labute approximate surface area is 127 Å². The molecule has 0 N–H and O–H groups in total. The molecule has 0 radical (unpaired) electrons. The summed E-state index contributed by atoms with van der Waals surface area (Å²) >= 11 is 6.17. The van der Waals surface area contributed by atoms with E-state index in [1.165, 1.54) is 0 Å². The number of benzene rings is 1. The zero-order valence-corrected chi connectivity index (χ0v) is 12.3. The molecule has 3 rings (SSSR count). The Hall–Kier alpha value is -2.14. The van der Waals surface area contributed by atoms with Crippen LogP contribution in [-0.4, -0.2) is 25.8 Å². The van der Waals surface area contributed by atoms with E-state index in [9.17, 15) is 4.79 Å². The van der Waals surface area contributed by atoms with Gasteiger partial charge in [-0.05, 0) is 23.6 Å². The van der Waals surface area contributed by atoms with Crippen LogP contribution in [0.2, 0.25) is 5.02 Å².